The molecule has 1 aromatic rings. The first-order chi connectivity index (χ1) is 11.8. The predicted molar refractivity (Wildman–Crippen MR) is 93.5 cm³/mol. The van der Waals surface area contributed by atoms with Crippen LogP contribution in [-0.4, -0.2) is 61.1 Å². The number of carbonyl (C=O) groups is 1. The Balaban J connectivity index is 1.53. The summed E-state index contributed by atoms with van der Waals surface area (Å²) in [4.78, 5) is 14.5. The average Bonchev–Trinajstić information content (AvgIpc) is 3.17. The molecule has 0 bridgehead atoms. The molecule has 3 rings (SSSR count). The van der Waals surface area contributed by atoms with Gasteiger partial charge in [0.2, 0.25) is 15.9 Å². The van der Waals surface area contributed by atoms with Crippen LogP contribution in [-0.2, 0) is 21.2 Å². The molecule has 0 aliphatic carbocycles. The SMILES string of the molecule is Cc1noc(C)c1CC(=O)N1CCC(C2CCN(S(C)(=O)=O)CC2)C1. The molecule has 2 fully saturated rings. The lowest BCUT2D eigenvalue weighted by Crippen LogP contribution is -2.40. The molecule has 2 aliphatic rings. The first-order valence-electron chi connectivity index (χ1n) is 8.90. The van der Waals surface area contributed by atoms with Gasteiger partial charge in [0, 0.05) is 31.7 Å². The van der Waals surface area contributed by atoms with Crippen LogP contribution in [0.25, 0.3) is 0 Å². The molecule has 1 unspecified atom stereocenters. The third-order valence-corrected chi connectivity index (χ3v) is 7.02. The molecule has 1 amide bonds. The van der Waals surface area contributed by atoms with Gasteiger partial charge in [-0.25, -0.2) is 12.7 Å². The Bertz CT molecular complexity index is 716. The summed E-state index contributed by atoms with van der Waals surface area (Å²) >= 11 is 0. The molecule has 0 N–H and O–H groups in total. The van der Waals surface area contributed by atoms with Gasteiger partial charge in [0.05, 0.1) is 18.4 Å². The van der Waals surface area contributed by atoms with E-state index in [9.17, 15) is 13.2 Å². The van der Waals surface area contributed by atoms with Crippen molar-refractivity contribution in [1.29, 1.82) is 0 Å². The minimum absolute atomic E-state index is 0.130. The van der Waals surface area contributed by atoms with E-state index in [0.29, 0.717) is 31.3 Å². The molecule has 0 saturated carbocycles. The van der Waals surface area contributed by atoms with Gasteiger partial charge in [-0.15, -0.1) is 0 Å². The molecule has 1 atom stereocenters. The summed E-state index contributed by atoms with van der Waals surface area (Å²) in [5.74, 6) is 1.84. The van der Waals surface area contributed by atoms with Crippen LogP contribution in [0.5, 0.6) is 0 Å². The standard InChI is InChI=1S/C17H27N3O4S/c1-12-16(13(2)24-18-12)10-17(21)19-7-4-15(11-19)14-5-8-20(9-6-14)25(3,22)23/h14-15H,4-11H2,1-3H3. The highest BCUT2D eigenvalue weighted by Crippen LogP contribution is 2.32. The summed E-state index contributed by atoms with van der Waals surface area (Å²) in [5.41, 5.74) is 1.68. The van der Waals surface area contributed by atoms with Crippen LogP contribution in [0, 0.1) is 25.7 Å². The fourth-order valence-corrected chi connectivity index (χ4v) is 4.97. The van der Waals surface area contributed by atoms with Crippen LogP contribution in [0.2, 0.25) is 0 Å². The Kier molecular flexibility index (Phi) is 5.20. The van der Waals surface area contributed by atoms with E-state index in [0.717, 1.165) is 49.4 Å². The van der Waals surface area contributed by atoms with Gasteiger partial charge in [-0.2, -0.15) is 0 Å². The maximum Gasteiger partial charge on any atom is 0.227 e. The van der Waals surface area contributed by atoms with Gasteiger partial charge in [0.25, 0.3) is 0 Å². The molecule has 25 heavy (non-hydrogen) atoms. The Labute approximate surface area is 149 Å². The number of likely N-dealkylation sites (tertiary alicyclic amines) is 1. The molecule has 140 valence electrons. The molecule has 2 aliphatic heterocycles. The lowest BCUT2D eigenvalue weighted by molar-refractivity contribution is -0.129. The van der Waals surface area contributed by atoms with Crippen molar-refractivity contribution >= 4 is 15.9 Å². The molecule has 0 aromatic carbocycles. The quantitative estimate of drug-likeness (QED) is 0.800. The largest absolute Gasteiger partial charge is 0.361 e. The number of hydrogen-bond acceptors (Lipinski definition) is 5. The van der Waals surface area contributed by atoms with Gasteiger partial charge < -0.3 is 9.42 Å². The van der Waals surface area contributed by atoms with Gasteiger partial charge in [-0.05, 0) is 44.9 Å². The third-order valence-electron chi connectivity index (χ3n) is 5.72. The molecular weight excluding hydrogens is 342 g/mol. The van der Waals surface area contributed by atoms with Crippen molar-refractivity contribution in [3.05, 3.63) is 17.0 Å². The Hall–Kier alpha value is -1.41. The van der Waals surface area contributed by atoms with E-state index in [1.165, 1.54) is 6.26 Å². The molecule has 0 spiro atoms. The van der Waals surface area contributed by atoms with Crippen molar-refractivity contribution in [2.75, 3.05) is 32.4 Å². The van der Waals surface area contributed by atoms with Crippen molar-refractivity contribution in [2.24, 2.45) is 11.8 Å². The number of sulfonamides is 1. The summed E-state index contributed by atoms with van der Waals surface area (Å²) in [6.45, 7) is 6.48. The topological polar surface area (TPSA) is 83.7 Å². The molecular formula is C17H27N3O4S. The Morgan fingerprint density at radius 1 is 1.16 bits per heavy atom. The van der Waals surface area contributed by atoms with E-state index < -0.39 is 10.0 Å². The van der Waals surface area contributed by atoms with E-state index in [1.807, 2.05) is 18.7 Å². The minimum Gasteiger partial charge on any atom is -0.361 e. The molecule has 7 nitrogen and oxygen atoms in total. The van der Waals surface area contributed by atoms with E-state index in [-0.39, 0.29) is 5.91 Å². The fourth-order valence-electron chi connectivity index (χ4n) is 4.09. The number of amides is 1. The normalized spacial score (nSPS) is 23.3. The van der Waals surface area contributed by atoms with E-state index in [2.05, 4.69) is 5.16 Å². The van der Waals surface area contributed by atoms with Crippen molar-refractivity contribution in [3.63, 3.8) is 0 Å². The number of rotatable bonds is 4. The highest BCUT2D eigenvalue weighted by Gasteiger charge is 2.35. The summed E-state index contributed by atoms with van der Waals surface area (Å²) < 4.78 is 30.0. The van der Waals surface area contributed by atoms with Gasteiger partial charge in [-0.3, -0.25) is 4.79 Å². The Morgan fingerprint density at radius 3 is 2.36 bits per heavy atom. The average molecular weight is 369 g/mol. The van der Waals surface area contributed by atoms with Crippen molar-refractivity contribution in [2.45, 2.75) is 39.5 Å². The number of nitrogens with zero attached hydrogens (tertiary/aromatic N) is 3. The highest BCUT2D eigenvalue weighted by molar-refractivity contribution is 7.88. The second kappa shape index (κ2) is 7.07. The van der Waals surface area contributed by atoms with Gasteiger partial charge in [0.15, 0.2) is 0 Å². The van der Waals surface area contributed by atoms with Crippen LogP contribution < -0.4 is 0 Å². The number of carbonyl (C=O) groups excluding carboxylic acids is 1. The van der Waals surface area contributed by atoms with Crippen LogP contribution in [0.1, 0.15) is 36.3 Å². The van der Waals surface area contributed by atoms with Gasteiger partial charge in [-0.1, -0.05) is 5.16 Å². The fraction of sp³-hybridized carbons (Fsp3) is 0.765. The first kappa shape index (κ1) is 18.4. The number of hydrogen-bond donors (Lipinski definition) is 0. The van der Waals surface area contributed by atoms with Crippen molar-refractivity contribution in [3.8, 4) is 0 Å². The summed E-state index contributed by atoms with van der Waals surface area (Å²) in [5, 5.41) is 3.91. The zero-order valence-corrected chi connectivity index (χ0v) is 16.0. The highest BCUT2D eigenvalue weighted by atomic mass is 32.2. The molecule has 8 heteroatoms. The maximum atomic E-state index is 12.6. The Morgan fingerprint density at radius 2 is 1.80 bits per heavy atom. The van der Waals surface area contributed by atoms with Gasteiger partial charge >= 0.3 is 0 Å². The maximum absolute atomic E-state index is 12.6. The van der Waals surface area contributed by atoms with Crippen molar-refractivity contribution < 1.29 is 17.7 Å². The second-order valence-corrected chi connectivity index (χ2v) is 9.35. The number of aryl methyl sites for hydroxylation is 2. The van der Waals surface area contributed by atoms with Crippen LogP contribution in [0.4, 0.5) is 0 Å². The summed E-state index contributed by atoms with van der Waals surface area (Å²) in [7, 11) is -3.08. The minimum atomic E-state index is -3.08. The monoisotopic (exact) mass is 369 g/mol. The first-order valence-corrected chi connectivity index (χ1v) is 10.7. The molecule has 2 saturated heterocycles. The van der Waals surface area contributed by atoms with E-state index in [1.54, 1.807) is 4.31 Å². The summed E-state index contributed by atoms with van der Waals surface area (Å²) in [6.07, 6.45) is 4.42. The van der Waals surface area contributed by atoms with Crippen molar-refractivity contribution in [1.82, 2.24) is 14.4 Å². The third kappa shape index (κ3) is 4.06. The zero-order chi connectivity index (χ0) is 18.2. The molecule has 1 aromatic heterocycles. The lowest BCUT2D eigenvalue weighted by atomic mass is 9.84. The summed E-state index contributed by atoms with van der Waals surface area (Å²) in [6, 6.07) is 0. The van der Waals surface area contributed by atoms with Gasteiger partial charge in [0.1, 0.15) is 5.76 Å². The predicted octanol–water partition coefficient (Wildman–Crippen LogP) is 1.35. The van der Waals surface area contributed by atoms with E-state index in [4.69, 9.17) is 4.52 Å². The smallest absolute Gasteiger partial charge is 0.227 e. The number of piperidine rings is 1. The molecule has 0 radical (unpaired) electrons. The van der Waals surface area contributed by atoms with Crippen LogP contribution in [0.15, 0.2) is 4.52 Å². The second-order valence-electron chi connectivity index (χ2n) is 7.37. The lowest BCUT2D eigenvalue weighted by Gasteiger charge is -2.33. The zero-order valence-electron chi connectivity index (χ0n) is 15.2. The van der Waals surface area contributed by atoms with Crippen LogP contribution in [0.3, 0.4) is 0 Å². The number of aromatic nitrogens is 1. The van der Waals surface area contributed by atoms with Crippen LogP contribution >= 0.6 is 0 Å². The van der Waals surface area contributed by atoms with E-state index >= 15 is 0 Å². The molecule has 3 heterocycles.